The minimum Gasteiger partial charge on any atom is -0.869 e. The number of carbonyl (C=O) groups excluding carboxylic acids is 4. The Kier molecular flexibility index (Phi) is 30.9. The van der Waals surface area contributed by atoms with Gasteiger partial charge in [0.05, 0.1) is 0 Å². The molecule has 0 aliphatic heterocycles. The van der Waals surface area contributed by atoms with E-state index in [1.165, 1.54) is 72.8 Å². The summed E-state index contributed by atoms with van der Waals surface area (Å²) in [7, 11) is 0. The summed E-state index contributed by atoms with van der Waals surface area (Å²) in [5, 5.41) is 44.4. The number of alkyl halides is 12. The van der Waals surface area contributed by atoms with Gasteiger partial charge in [-0.2, -0.15) is 61.8 Å². The maximum absolute atomic E-state index is 12.5. The first kappa shape index (κ1) is 78.9. The quantitative estimate of drug-likeness (QED) is 0.0186. The molecule has 28 heteroatoms. The molecule has 10 rings (SSSR count). The number of halogens is 12. The first-order chi connectivity index (χ1) is 43.4. The molecule has 10 aromatic rings. The number of rotatable bonds is 10. The van der Waals surface area contributed by atoms with Crippen molar-refractivity contribution in [2.45, 2.75) is 51.6 Å². The van der Waals surface area contributed by atoms with Crippen molar-refractivity contribution in [1.29, 1.82) is 0 Å². The Morgan fingerprint density at radius 2 is 0.532 bits per heavy atom. The van der Waals surface area contributed by atoms with Gasteiger partial charge in [0.2, 0.25) is 22.7 Å². The van der Waals surface area contributed by atoms with Crippen molar-refractivity contribution in [2.24, 2.45) is 0 Å². The Morgan fingerprint density at radius 1 is 0.351 bits per heavy atom. The molecule has 0 amide bonds. The number of hydrogen-bond donors (Lipinski definition) is 0. The zero-order valence-electron chi connectivity index (χ0n) is 48.4. The molecule has 498 valence electrons. The van der Waals surface area contributed by atoms with Gasteiger partial charge in [-0.25, -0.2) is 0 Å². The molecular weight excluding hydrogens is 1400 g/mol. The van der Waals surface area contributed by atoms with E-state index in [9.17, 15) is 92.3 Å². The summed E-state index contributed by atoms with van der Waals surface area (Å²) < 4.78 is 155. The molecule has 0 atom stereocenters. The summed E-state index contributed by atoms with van der Waals surface area (Å²) in [6, 6.07) is 51.6. The Morgan fingerprint density at radius 3 is 0.670 bits per heavy atom. The summed E-state index contributed by atoms with van der Waals surface area (Å²) >= 11 is 2.05. The molecular formula is C66H48Cu2F12N4O8S2. The largest absolute Gasteiger partial charge is 0.869 e. The molecule has 0 bridgehead atoms. The predicted octanol–water partition coefficient (Wildman–Crippen LogP) is 12.8. The van der Waals surface area contributed by atoms with E-state index in [1.54, 1.807) is 47.8 Å². The molecule has 0 saturated heterocycles. The monoisotopic (exact) mass is 1440 g/mol. The number of ketones is 4. The van der Waals surface area contributed by atoms with Gasteiger partial charge in [0.1, 0.15) is 13.1 Å². The third kappa shape index (κ3) is 24.3. The molecule has 0 N–H and O–H groups in total. The number of carbonyl (C=O) groups is 4. The van der Waals surface area contributed by atoms with E-state index in [0.717, 1.165) is 22.7 Å². The summed E-state index contributed by atoms with van der Waals surface area (Å²) in [4.78, 5) is 56.1. The standard InChI is InChI=1S/2C22H13F6NO4S.2C6H6.2C5H5N.2Cu/c2*1-2-29-13-5-3-11(15(30)9-19(32)21(23,24)25)7-17(13)34-18-8-12(4-6-14(18)29)16(31)10-20(33)22(26,27)28;4*1-2-4-6-5-3-1;;/h2*3-10H,2H2,1H3;2*1-6H;2*1-5H;;. The Bertz CT molecular complexity index is 3640. The number of benzene rings is 6. The van der Waals surface area contributed by atoms with Crippen LogP contribution in [0.25, 0.3) is 40.9 Å². The summed E-state index contributed by atoms with van der Waals surface area (Å²) in [6.07, 6.45) is -14.0. The molecule has 4 heterocycles. The van der Waals surface area contributed by atoms with E-state index in [0.29, 0.717) is 54.0 Å². The van der Waals surface area contributed by atoms with Crippen LogP contribution in [0.3, 0.4) is 0 Å². The van der Waals surface area contributed by atoms with Gasteiger partial charge in [-0.05, 0) is 110 Å². The number of aryl methyl sites for hydroxylation is 2. The first-order valence-corrected chi connectivity index (χ1v) is 28.3. The van der Waals surface area contributed by atoms with Crippen LogP contribution in [0.5, 0.6) is 0 Å². The Labute approximate surface area is 557 Å². The van der Waals surface area contributed by atoms with E-state index in [1.807, 2.05) is 109 Å². The van der Waals surface area contributed by atoms with Crippen LogP contribution in [-0.2, 0) is 47.2 Å². The average Bonchev–Trinajstić information content (AvgIpc) is 0.784. The zero-order valence-corrected chi connectivity index (χ0v) is 51.9. The van der Waals surface area contributed by atoms with Crippen LogP contribution in [0, 0.1) is 0 Å². The van der Waals surface area contributed by atoms with Crippen LogP contribution in [0.2, 0.25) is 0 Å². The molecule has 94 heavy (non-hydrogen) atoms. The molecule has 0 aliphatic rings. The Balaban J connectivity index is 0.000000353. The van der Waals surface area contributed by atoms with Crippen LogP contribution in [0.1, 0.15) is 55.3 Å². The number of hydrogen-bond acceptors (Lipinski definition) is 10. The molecule has 4 aromatic heterocycles. The maximum atomic E-state index is 12.5. The van der Waals surface area contributed by atoms with Crippen molar-refractivity contribution in [3.8, 4) is 0 Å². The van der Waals surface area contributed by atoms with Crippen molar-refractivity contribution >= 4 is 86.7 Å². The summed E-state index contributed by atoms with van der Waals surface area (Å²) in [5.74, 6) is -13.8. The minimum absolute atomic E-state index is 0. The van der Waals surface area contributed by atoms with Crippen molar-refractivity contribution in [3.63, 3.8) is 0 Å². The molecule has 2 radical (unpaired) electrons. The van der Waals surface area contributed by atoms with Gasteiger partial charge < -0.3 is 20.4 Å². The first-order valence-electron chi connectivity index (χ1n) is 26.6. The SMILES string of the molecule is CC[n+]1c2ccc(C(=O)/C=C(\[O-])C(F)(F)F)cc2[s+]c2cc(C(=O)/C=C(\[O-])C(F)(F)F)ccc21.CC[n+]1c2ccc(C(=O)/C=C(\[O-])C(F)(F)F)cc2[s+]c2cc(C(=O)/C=C(\[O-])C(F)(F)F)ccc21.[Cu].[Cu].c1ccccc1.c1ccccc1.c1ccncc1.c1ccncc1. The van der Waals surface area contributed by atoms with Gasteiger partial charge in [-0.3, -0.25) is 29.1 Å². The van der Waals surface area contributed by atoms with Gasteiger partial charge in [-0.1, -0.05) is 84.9 Å². The zero-order chi connectivity index (χ0) is 67.8. The third-order valence-electron chi connectivity index (χ3n) is 11.8. The summed E-state index contributed by atoms with van der Waals surface area (Å²) in [6.45, 7) is 4.37. The maximum Gasteiger partial charge on any atom is 0.402 e. The van der Waals surface area contributed by atoms with E-state index < -0.39 is 70.9 Å². The van der Waals surface area contributed by atoms with Crippen molar-refractivity contribution in [3.05, 3.63) is 276 Å². The predicted molar refractivity (Wildman–Crippen MR) is 314 cm³/mol. The normalized spacial score (nSPS) is 11.8. The van der Waals surface area contributed by atoms with Crippen molar-refractivity contribution in [2.75, 3.05) is 0 Å². The minimum atomic E-state index is -5.19. The fourth-order valence-electron chi connectivity index (χ4n) is 7.60. The number of nitrogens with zero attached hydrogens (tertiary/aromatic N) is 4. The molecule has 0 aliphatic carbocycles. The van der Waals surface area contributed by atoms with Crippen LogP contribution in [0.4, 0.5) is 52.7 Å². The van der Waals surface area contributed by atoms with Gasteiger partial charge in [0, 0.05) is 130 Å². The van der Waals surface area contributed by atoms with Crippen LogP contribution >= 0.6 is 22.7 Å². The van der Waals surface area contributed by atoms with E-state index in [2.05, 4.69) is 9.97 Å². The van der Waals surface area contributed by atoms with Gasteiger partial charge >= 0.3 is 43.5 Å². The van der Waals surface area contributed by atoms with Gasteiger partial charge in [0.25, 0.3) is 22.1 Å². The van der Waals surface area contributed by atoms with Crippen molar-refractivity contribution in [1.82, 2.24) is 9.97 Å². The van der Waals surface area contributed by atoms with E-state index >= 15 is 0 Å². The molecule has 6 aromatic carbocycles. The van der Waals surface area contributed by atoms with Gasteiger partial charge in [-0.15, -0.1) is 0 Å². The number of pyridine rings is 2. The number of allylic oxidation sites excluding steroid dienone is 8. The number of aromatic nitrogens is 4. The average molecular weight is 1440 g/mol. The number of fused-ring (bicyclic) bond motifs is 4. The Hall–Kier alpha value is -9.30. The molecule has 0 unspecified atom stereocenters. The fraction of sp³-hybridized carbons (Fsp3) is 0.121. The second-order valence-electron chi connectivity index (χ2n) is 18.3. The molecule has 0 fully saturated rings. The molecule has 12 nitrogen and oxygen atoms in total. The smallest absolute Gasteiger partial charge is 0.402 e. The van der Waals surface area contributed by atoms with Crippen molar-refractivity contribution < 1.29 is 136 Å². The van der Waals surface area contributed by atoms with E-state index in [4.69, 9.17) is 0 Å². The van der Waals surface area contributed by atoms with E-state index in [-0.39, 0.29) is 80.7 Å². The second kappa shape index (κ2) is 36.8. The summed E-state index contributed by atoms with van der Waals surface area (Å²) in [5.41, 5.74) is 1.65. The van der Waals surface area contributed by atoms with Crippen LogP contribution in [-0.4, -0.2) is 57.8 Å². The fourth-order valence-corrected chi connectivity index (χ4v) is 9.95. The third-order valence-corrected chi connectivity index (χ3v) is 14.0. The molecule has 0 spiro atoms. The van der Waals surface area contributed by atoms with Gasteiger partial charge in [0.15, 0.2) is 23.1 Å². The van der Waals surface area contributed by atoms with Crippen LogP contribution in [0.15, 0.2) is 254 Å². The van der Waals surface area contributed by atoms with Crippen LogP contribution < -0.4 is 29.6 Å². The second-order valence-corrected chi connectivity index (χ2v) is 20.4. The topological polar surface area (TPSA) is 194 Å². The molecule has 0 saturated carbocycles.